The van der Waals surface area contributed by atoms with E-state index in [4.69, 9.17) is 9.15 Å². The average Bonchev–Trinajstić information content (AvgIpc) is 3.20. The summed E-state index contributed by atoms with van der Waals surface area (Å²) in [4.78, 5) is 14.8. The summed E-state index contributed by atoms with van der Waals surface area (Å²) in [5, 5.41) is 10.8. The van der Waals surface area contributed by atoms with Crippen LogP contribution in [0.3, 0.4) is 0 Å². The van der Waals surface area contributed by atoms with Gasteiger partial charge in [0.2, 0.25) is 11.8 Å². The van der Waals surface area contributed by atoms with Crippen molar-refractivity contribution >= 4 is 27.3 Å². The predicted molar refractivity (Wildman–Crippen MR) is 85.5 cm³/mol. The normalized spacial score (nSPS) is 18.5. The van der Waals surface area contributed by atoms with Gasteiger partial charge in [0.1, 0.15) is 6.04 Å². The highest BCUT2D eigenvalue weighted by atomic mass is 32.1. The number of nitrogens with zero attached hydrogens (tertiary/aromatic N) is 3. The molecule has 3 aromatic rings. The van der Waals surface area contributed by atoms with Gasteiger partial charge in [-0.05, 0) is 6.07 Å². The Morgan fingerprint density at radius 3 is 3.04 bits per heavy atom. The van der Waals surface area contributed by atoms with E-state index in [0.29, 0.717) is 37.1 Å². The molecule has 0 saturated carbocycles. The molecule has 23 heavy (non-hydrogen) atoms. The van der Waals surface area contributed by atoms with E-state index in [0.717, 1.165) is 10.1 Å². The zero-order valence-corrected chi connectivity index (χ0v) is 13.4. The summed E-state index contributed by atoms with van der Waals surface area (Å²) in [5.74, 6) is 0.889. The Bertz CT molecular complexity index is 857. The van der Waals surface area contributed by atoms with Gasteiger partial charge in [-0.2, -0.15) is 0 Å². The van der Waals surface area contributed by atoms with E-state index < -0.39 is 0 Å². The molecule has 0 radical (unpaired) electrons. The van der Waals surface area contributed by atoms with Crippen molar-refractivity contribution in [2.45, 2.75) is 13.0 Å². The van der Waals surface area contributed by atoms with Crippen molar-refractivity contribution in [3.63, 3.8) is 0 Å². The Labute approximate surface area is 136 Å². The number of aryl methyl sites for hydroxylation is 1. The molecule has 1 aliphatic heterocycles. The molecule has 1 atom stereocenters. The summed E-state index contributed by atoms with van der Waals surface area (Å²) in [6, 6.07) is 7.59. The number of ether oxygens (including phenoxy) is 1. The highest BCUT2D eigenvalue weighted by Crippen LogP contribution is 2.30. The van der Waals surface area contributed by atoms with Crippen molar-refractivity contribution in [3.8, 4) is 0 Å². The van der Waals surface area contributed by atoms with Gasteiger partial charge in [-0.3, -0.25) is 4.79 Å². The van der Waals surface area contributed by atoms with E-state index in [2.05, 4.69) is 10.2 Å². The van der Waals surface area contributed by atoms with E-state index in [-0.39, 0.29) is 11.9 Å². The van der Waals surface area contributed by atoms with Gasteiger partial charge in [-0.25, -0.2) is 0 Å². The number of amides is 1. The topological polar surface area (TPSA) is 68.5 Å². The molecule has 0 spiro atoms. The maximum atomic E-state index is 13.1. The van der Waals surface area contributed by atoms with Gasteiger partial charge < -0.3 is 14.1 Å². The number of fused-ring (bicyclic) bond motifs is 1. The number of hydrogen-bond donors (Lipinski definition) is 0. The molecular formula is C16H15N3O3S. The van der Waals surface area contributed by atoms with Crippen LogP contribution in [0.1, 0.15) is 28.2 Å². The van der Waals surface area contributed by atoms with Crippen LogP contribution in [0.5, 0.6) is 0 Å². The molecule has 118 valence electrons. The Morgan fingerprint density at radius 2 is 2.22 bits per heavy atom. The molecule has 1 aromatic carbocycles. The van der Waals surface area contributed by atoms with E-state index in [1.165, 1.54) is 0 Å². The van der Waals surface area contributed by atoms with Gasteiger partial charge in [0.15, 0.2) is 0 Å². The van der Waals surface area contributed by atoms with Crippen LogP contribution in [0.4, 0.5) is 0 Å². The van der Waals surface area contributed by atoms with E-state index in [1.807, 2.05) is 29.6 Å². The lowest BCUT2D eigenvalue weighted by Gasteiger charge is -2.33. The number of carbonyl (C=O) groups is 1. The number of rotatable bonds is 2. The van der Waals surface area contributed by atoms with Crippen molar-refractivity contribution in [2.75, 3.05) is 19.8 Å². The van der Waals surface area contributed by atoms with Gasteiger partial charge in [0.05, 0.1) is 18.8 Å². The second-order valence-corrected chi connectivity index (χ2v) is 6.31. The summed E-state index contributed by atoms with van der Waals surface area (Å²) in [6.45, 7) is 3.13. The first kappa shape index (κ1) is 14.3. The van der Waals surface area contributed by atoms with Gasteiger partial charge in [-0.1, -0.05) is 18.2 Å². The molecule has 0 N–H and O–H groups in total. The quantitative estimate of drug-likeness (QED) is 0.723. The number of morpholine rings is 1. The first-order chi connectivity index (χ1) is 11.2. The molecule has 1 unspecified atom stereocenters. The number of benzene rings is 1. The summed E-state index contributed by atoms with van der Waals surface area (Å²) in [6.07, 6.45) is 0. The molecule has 3 heterocycles. The van der Waals surface area contributed by atoms with Crippen molar-refractivity contribution in [2.24, 2.45) is 0 Å². The Kier molecular flexibility index (Phi) is 3.59. The lowest BCUT2D eigenvalue weighted by molar-refractivity contribution is -0.0105. The van der Waals surface area contributed by atoms with Crippen LogP contribution < -0.4 is 0 Å². The third-order valence-corrected chi connectivity index (χ3v) is 4.89. The number of carbonyl (C=O) groups excluding carboxylic acids is 1. The fourth-order valence-corrected chi connectivity index (χ4v) is 3.73. The lowest BCUT2D eigenvalue weighted by atomic mass is 10.1. The summed E-state index contributed by atoms with van der Waals surface area (Å²) >= 11 is 1.58. The molecule has 1 amide bonds. The highest BCUT2D eigenvalue weighted by molar-refractivity contribution is 7.17. The first-order valence-electron chi connectivity index (χ1n) is 7.39. The standard InChI is InChI=1S/C16H15N3O3S/c1-10-17-18-15(22-10)13-8-21-7-6-19(13)16(20)12-9-23-14-5-3-2-4-11(12)14/h2-5,9,13H,6-8H2,1H3. The molecular weight excluding hydrogens is 314 g/mol. The number of hydrogen-bond acceptors (Lipinski definition) is 6. The molecule has 2 aromatic heterocycles. The summed E-state index contributed by atoms with van der Waals surface area (Å²) in [5.41, 5.74) is 0.716. The lowest BCUT2D eigenvalue weighted by Crippen LogP contribution is -2.43. The smallest absolute Gasteiger partial charge is 0.256 e. The van der Waals surface area contributed by atoms with Crippen LogP contribution in [-0.2, 0) is 4.74 Å². The second kappa shape index (κ2) is 5.75. The van der Waals surface area contributed by atoms with E-state index in [1.54, 1.807) is 23.2 Å². The minimum Gasteiger partial charge on any atom is -0.423 e. The SMILES string of the molecule is Cc1nnc(C2COCCN2C(=O)c2csc3ccccc23)o1. The van der Waals surface area contributed by atoms with Crippen molar-refractivity contribution < 1.29 is 13.9 Å². The zero-order chi connectivity index (χ0) is 15.8. The monoisotopic (exact) mass is 329 g/mol. The van der Waals surface area contributed by atoms with Crippen molar-refractivity contribution in [1.82, 2.24) is 15.1 Å². The van der Waals surface area contributed by atoms with Crippen LogP contribution in [0, 0.1) is 6.92 Å². The minimum absolute atomic E-state index is 0.0217. The predicted octanol–water partition coefficient (Wildman–Crippen LogP) is 2.81. The maximum Gasteiger partial charge on any atom is 0.256 e. The Hall–Kier alpha value is -2.25. The Morgan fingerprint density at radius 1 is 1.35 bits per heavy atom. The number of thiophene rings is 1. The van der Waals surface area contributed by atoms with E-state index in [9.17, 15) is 4.79 Å². The molecule has 0 aliphatic carbocycles. The third kappa shape index (κ3) is 2.51. The van der Waals surface area contributed by atoms with Crippen molar-refractivity contribution in [1.29, 1.82) is 0 Å². The van der Waals surface area contributed by atoms with Crippen LogP contribution in [0.15, 0.2) is 34.1 Å². The highest BCUT2D eigenvalue weighted by Gasteiger charge is 2.33. The average molecular weight is 329 g/mol. The molecule has 1 saturated heterocycles. The Balaban J connectivity index is 1.70. The fourth-order valence-electron chi connectivity index (χ4n) is 2.80. The molecule has 6 nitrogen and oxygen atoms in total. The van der Waals surface area contributed by atoms with Crippen LogP contribution >= 0.6 is 11.3 Å². The van der Waals surface area contributed by atoms with Crippen LogP contribution in [-0.4, -0.2) is 40.8 Å². The van der Waals surface area contributed by atoms with Crippen LogP contribution in [0.2, 0.25) is 0 Å². The largest absolute Gasteiger partial charge is 0.423 e. The molecule has 7 heteroatoms. The van der Waals surface area contributed by atoms with Crippen molar-refractivity contribution in [3.05, 3.63) is 47.0 Å². The summed E-state index contributed by atoms with van der Waals surface area (Å²) in [7, 11) is 0. The molecule has 1 fully saturated rings. The van der Waals surface area contributed by atoms with Gasteiger partial charge in [0.25, 0.3) is 5.91 Å². The third-order valence-electron chi connectivity index (χ3n) is 3.93. The molecule has 1 aliphatic rings. The van der Waals surface area contributed by atoms with E-state index >= 15 is 0 Å². The summed E-state index contributed by atoms with van der Waals surface area (Å²) < 4.78 is 12.1. The molecule has 0 bridgehead atoms. The van der Waals surface area contributed by atoms with Gasteiger partial charge >= 0.3 is 0 Å². The minimum atomic E-state index is -0.337. The number of aromatic nitrogens is 2. The van der Waals surface area contributed by atoms with Gasteiger partial charge in [0, 0.05) is 28.9 Å². The fraction of sp³-hybridized carbons (Fsp3) is 0.312. The maximum absolute atomic E-state index is 13.1. The zero-order valence-electron chi connectivity index (χ0n) is 12.6. The second-order valence-electron chi connectivity index (χ2n) is 5.39. The van der Waals surface area contributed by atoms with Gasteiger partial charge in [-0.15, -0.1) is 21.5 Å². The molecule has 4 rings (SSSR count). The first-order valence-corrected chi connectivity index (χ1v) is 8.27. The van der Waals surface area contributed by atoms with Crippen LogP contribution in [0.25, 0.3) is 10.1 Å².